The SMILES string of the molecule is Clc1ccn2c(CC3CCCNC3)ncc2c1. The summed E-state index contributed by atoms with van der Waals surface area (Å²) in [4.78, 5) is 4.51. The molecule has 0 saturated carbocycles. The third kappa shape index (κ3) is 2.31. The number of aromatic nitrogens is 2. The van der Waals surface area contributed by atoms with Crippen LogP contribution in [0.25, 0.3) is 5.52 Å². The summed E-state index contributed by atoms with van der Waals surface area (Å²) >= 11 is 5.97. The fourth-order valence-electron chi connectivity index (χ4n) is 2.54. The molecule has 1 atom stereocenters. The lowest BCUT2D eigenvalue weighted by Crippen LogP contribution is -2.31. The van der Waals surface area contributed by atoms with Crippen LogP contribution in [0.1, 0.15) is 18.7 Å². The molecule has 3 nitrogen and oxygen atoms in total. The van der Waals surface area contributed by atoms with Gasteiger partial charge >= 0.3 is 0 Å². The van der Waals surface area contributed by atoms with Crippen molar-refractivity contribution in [2.24, 2.45) is 5.92 Å². The summed E-state index contributed by atoms with van der Waals surface area (Å²) in [5.41, 5.74) is 1.08. The van der Waals surface area contributed by atoms with Gasteiger partial charge in [0.25, 0.3) is 0 Å². The Hall–Kier alpha value is -1.06. The zero-order valence-corrected chi connectivity index (χ0v) is 10.5. The highest BCUT2D eigenvalue weighted by atomic mass is 35.5. The number of hydrogen-bond donors (Lipinski definition) is 1. The summed E-state index contributed by atoms with van der Waals surface area (Å²) < 4.78 is 2.14. The van der Waals surface area contributed by atoms with Gasteiger partial charge in [-0.3, -0.25) is 0 Å². The molecule has 2 aromatic heterocycles. The summed E-state index contributed by atoms with van der Waals surface area (Å²) in [5, 5.41) is 4.21. The second-order valence-corrected chi connectivity index (χ2v) is 5.17. The van der Waals surface area contributed by atoms with Crippen molar-refractivity contribution in [2.75, 3.05) is 13.1 Å². The highest BCUT2D eigenvalue weighted by Crippen LogP contribution is 2.18. The van der Waals surface area contributed by atoms with E-state index in [2.05, 4.69) is 14.7 Å². The van der Waals surface area contributed by atoms with Gasteiger partial charge < -0.3 is 9.72 Å². The molecule has 0 spiro atoms. The van der Waals surface area contributed by atoms with Gasteiger partial charge in [0.1, 0.15) is 5.82 Å². The van der Waals surface area contributed by atoms with Crippen LogP contribution < -0.4 is 5.32 Å². The number of imidazole rings is 1. The summed E-state index contributed by atoms with van der Waals surface area (Å²) in [7, 11) is 0. The lowest BCUT2D eigenvalue weighted by Gasteiger charge is -2.22. The van der Waals surface area contributed by atoms with Gasteiger partial charge in [-0.1, -0.05) is 11.6 Å². The molecule has 3 rings (SSSR count). The van der Waals surface area contributed by atoms with Gasteiger partial charge in [-0.25, -0.2) is 4.98 Å². The van der Waals surface area contributed by atoms with Crippen LogP contribution in [-0.2, 0) is 6.42 Å². The summed E-state index contributed by atoms with van der Waals surface area (Å²) in [6.45, 7) is 2.27. The third-order valence-electron chi connectivity index (χ3n) is 3.44. The van der Waals surface area contributed by atoms with Gasteiger partial charge in [0, 0.05) is 17.6 Å². The molecule has 90 valence electrons. The number of piperidine rings is 1. The molecule has 0 aliphatic carbocycles. The van der Waals surface area contributed by atoms with Crippen molar-refractivity contribution in [2.45, 2.75) is 19.3 Å². The minimum Gasteiger partial charge on any atom is -0.316 e. The molecule has 3 heterocycles. The Labute approximate surface area is 106 Å². The molecular weight excluding hydrogens is 234 g/mol. The van der Waals surface area contributed by atoms with Crippen molar-refractivity contribution in [1.29, 1.82) is 0 Å². The molecule has 1 saturated heterocycles. The normalized spacial score (nSPS) is 20.9. The van der Waals surface area contributed by atoms with E-state index in [0.717, 1.165) is 35.9 Å². The minimum absolute atomic E-state index is 0.713. The third-order valence-corrected chi connectivity index (χ3v) is 3.68. The molecule has 2 aromatic rings. The first-order chi connectivity index (χ1) is 8.33. The van der Waals surface area contributed by atoms with E-state index < -0.39 is 0 Å². The van der Waals surface area contributed by atoms with Crippen molar-refractivity contribution in [3.05, 3.63) is 35.4 Å². The van der Waals surface area contributed by atoms with E-state index in [1.54, 1.807) is 0 Å². The fourth-order valence-corrected chi connectivity index (χ4v) is 2.70. The Balaban J connectivity index is 1.84. The Kier molecular flexibility index (Phi) is 3.04. The fraction of sp³-hybridized carbons (Fsp3) is 0.462. The Morgan fingerprint density at radius 2 is 2.47 bits per heavy atom. The summed E-state index contributed by atoms with van der Waals surface area (Å²) in [6, 6.07) is 3.87. The standard InChI is InChI=1S/C13H16ClN3/c14-11-3-5-17-12(7-11)9-16-13(17)6-10-2-1-4-15-8-10/h3,5,7,9-10,15H,1-2,4,6,8H2. The van der Waals surface area contributed by atoms with E-state index >= 15 is 0 Å². The van der Waals surface area contributed by atoms with Gasteiger partial charge in [0.05, 0.1) is 11.7 Å². The second-order valence-electron chi connectivity index (χ2n) is 4.73. The maximum atomic E-state index is 5.97. The van der Waals surface area contributed by atoms with E-state index in [9.17, 15) is 0 Å². The number of pyridine rings is 1. The predicted octanol–water partition coefficient (Wildman–Crippen LogP) is 2.53. The lowest BCUT2D eigenvalue weighted by molar-refractivity contribution is 0.370. The molecule has 17 heavy (non-hydrogen) atoms. The Bertz CT molecular complexity index is 514. The van der Waals surface area contributed by atoms with Gasteiger partial charge in [-0.05, 0) is 44.0 Å². The quantitative estimate of drug-likeness (QED) is 0.886. The van der Waals surface area contributed by atoms with Crippen molar-refractivity contribution in [3.8, 4) is 0 Å². The van der Waals surface area contributed by atoms with E-state index in [1.807, 2.05) is 24.5 Å². The summed E-state index contributed by atoms with van der Waals surface area (Å²) in [5.74, 6) is 1.86. The molecule has 0 aromatic carbocycles. The van der Waals surface area contributed by atoms with Crippen LogP contribution in [0.5, 0.6) is 0 Å². The van der Waals surface area contributed by atoms with Gasteiger partial charge in [0.15, 0.2) is 0 Å². The Morgan fingerprint density at radius 1 is 1.53 bits per heavy atom. The second kappa shape index (κ2) is 4.67. The number of nitrogens with zero attached hydrogens (tertiary/aromatic N) is 2. The molecule has 0 radical (unpaired) electrons. The zero-order valence-electron chi connectivity index (χ0n) is 9.69. The molecule has 1 N–H and O–H groups in total. The minimum atomic E-state index is 0.713. The van der Waals surface area contributed by atoms with Crippen molar-refractivity contribution in [3.63, 3.8) is 0 Å². The van der Waals surface area contributed by atoms with Crippen LogP contribution in [0.2, 0.25) is 5.02 Å². The highest BCUT2D eigenvalue weighted by molar-refractivity contribution is 6.30. The van der Waals surface area contributed by atoms with E-state index in [-0.39, 0.29) is 0 Å². The molecule has 1 fully saturated rings. The molecule has 0 amide bonds. The topological polar surface area (TPSA) is 29.3 Å². The maximum absolute atomic E-state index is 5.97. The first-order valence-corrected chi connectivity index (χ1v) is 6.53. The van der Waals surface area contributed by atoms with Crippen LogP contribution in [0.4, 0.5) is 0 Å². The summed E-state index contributed by atoms with van der Waals surface area (Å²) in [6.07, 6.45) is 7.53. The van der Waals surface area contributed by atoms with E-state index in [4.69, 9.17) is 11.6 Å². The molecule has 4 heteroatoms. The van der Waals surface area contributed by atoms with Crippen molar-refractivity contribution >= 4 is 17.1 Å². The monoisotopic (exact) mass is 249 g/mol. The zero-order chi connectivity index (χ0) is 11.7. The number of rotatable bonds is 2. The molecule has 0 bridgehead atoms. The Morgan fingerprint density at radius 3 is 3.29 bits per heavy atom. The van der Waals surface area contributed by atoms with Gasteiger partial charge in [-0.2, -0.15) is 0 Å². The largest absolute Gasteiger partial charge is 0.316 e. The van der Waals surface area contributed by atoms with Gasteiger partial charge in [-0.15, -0.1) is 0 Å². The van der Waals surface area contributed by atoms with Crippen molar-refractivity contribution < 1.29 is 0 Å². The van der Waals surface area contributed by atoms with Crippen LogP contribution in [0.3, 0.4) is 0 Å². The number of hydrogen-bond acceptors (Lipinski definition) is 2. The van der Waals surface area contributed by atoms with Crippen LogP contribution in [0, 0.1) is 5.92 Å². The van der Waals surface area contributed by atoms with Crippen LogP contribution in [0.15, 0.2) is 24.5 Å². The van der Waals surface area contributed by atoms with Crippen LogP contribution >= 0.6 is 11.6 Å². The van der Waals surface area contributed by atoms with Gasteiger partial charge in [0.2, 0.25) is 0 Å². The highest BCUT2D eigenvalue weighted by Gasteiger charge is 2.15. The lowest BCUT2D eigenvalue weighted by atomic mass is 9.96. The van der Waals surface area contributed by atoms with E-state index in [0.29, 0.717) is 5.92 Å². The predicted molar refractivity (Wildman–Crippen MR) is 69.5 cm³/mol. The number of halogens is 1. The average molecular weight is 250 g/mol. The molecule has 1 unspecified atom stereocenters. The van der Waals surface area contributed by atoms with Crippen molar-refractivity contribution in [1.82, 2.24) is 14.7 Å². The number of nitrogens with one attached hydrogen (secondary N) is 1. The first-order valence-electron chi connectivity index (χ1n) is 6.15. The molecule has 1 aliphatic rings. The molecular formula is C13H16ClN3. The first kappa shape index (κ1) is 11.1. The smallest absolute Gasteiger partial charge is 0.113 e. The maximum Gasteiger partial charge on any atom is 0.113 e. The molecule has 1 aliphatic heterocycles. The average Bonchev–Trinajstić information content (AvgIpc) is 2.73. The van der Waals surface area contributed by atoms with E-state index in [1.165, 1.54) is 12.8 Å². The number of fused-ring (bicyclic) bond motifs is 1. The van der Waals surface area contributed by atoms with Crippen LogP contribution in [-0.4, -0.2) is 22.5 Å².